The first-order valence-corrected chi connectivity index (χ1v) is 15.3. The summed E-state index contributed by atoms with van der Waals surface area (Å²) in [6.45, 7) is 15.6. The maximum absolute atomic E-state index is 14.0. The van der Waals surface area contributed by atoms with Crippen LogP contribution < -0.4 is 16.0 Å². The van der Waals surface area contributed by atoms with Gasteiger partial charge in [-0.1, -0.05) is 84.7 Å². The highest BCUT2D eigenvalue weighted by Crippen LogP contribution is 2.31. The van der Waals surface area contributed by atoms with Crippen LogP contribution in [0.1, 0.15) is 84.8 Å². The molecule has 1 aliphatic heterocycles. The normalized spacial score (nSPS) is 17.7. The van der Waals surface area contributed by atoms with Crippen molar-refractivity contribution < 1.29 is 24.0 Å². The summed E-state index contributed by atoms with van der Waals surface area (Å²) in [5.41, 5.74) is 1.64. The molecule has 42 heavy (non-hydrogen) atoms. The third-order valence-corrected chi connectivity index (χ3v) is 7.47. The average molecular weight is 583 g/mol. The molecule has 1 saturated heterocycles. The molecule has 0 spiro atoms. The molecule has 3 atom stereocenters. The fourth-order valence-electron chi connectivity index (χ4n) is 5.28. The second-order valence-corrected chi connectivity index (χ2v) is 12.2. The van der Waals surface area contributed by atoms with E-state index in [9.17, 15) is 24.0 Å². The summed E-state index contributed by atoms with van der Waals surface area (Å²) in [4.78, 5) is 67.0. The summed E-state index contributed by atoms with van der Waals surface area (Å²) in [6.07, 6.45) is 6.00. The smallest absolute Gasteiger partial charge is 0.289 e. The van der Waals surface area contributed by atoms with Gasteiger partial charge in [0, 0.05) is 18.5 Å². The van der Waals surface area contributed by atoms with Crippen molar-refractivity contribution in [3.8, 4) is 0 Å². The maximum Gasteiger partial charge on any atom is 0.289 e. The van der Waals surface area contributed by atoms with Crippen LogP contribution in [-0.4, -0.2) is 65.5 Å². The van der Waals surface area contributed by atoms with Crippen LogP contribution in [-0.2, 0) is 36.8 Å². The molecule has 9 nitrogen and oxygen atoms in total. The Morgan fingerprint density at radius 1 is 1.02 bits per heavy atom. The molecule has 9 heteroatoms. The fraction of sp³-hybridized carbons (Fsp3) is 0.606. The lowest BCUT2D eigenvalue weighted by molar-refractivity contribution is -0.145. The van der Waals surface area contributed by atoms with Crippen molar-refractivity contribution in [1.82, 2.24) is 20.9 Å². The number of hydrogen-bond acceptors (Lipinski definition) is 5. The minimum atomic E-state index is -0.981. The topological polar surface area (TPSA) is 125 Å². The van der Waals surface area contributed by atoms with Gasteiger partial charge in [0.15, 0.2) is 0 Å². The third kappa shape index (κ3) is 9.26. The van der Waals surface area contributed by atoms with Gasteiger partial charge >= 0.3 is 0 Å². The summed E-state index contributed by atoms with van der Waals surface area (Å²) in [5, 5.41) is 8.20. The van der Waals surface area contributed by atoms with Crippen LogP contribution in [0.5, 0.6) is 0 Å². The average Bonchev–Trinajstić information content (AvgIpc) is 3.61. The molecule has 2 aliphatic rings. The first-order valence-electron chi connectivity index (χ1n) is 15.3. The van der Waals surface area contributed by atoms with Gasteiger partial charge in [0.25, 0.3) is 5.91 Å². The molecular formula is C33H50N4O5. The molecule has 0 aromatic heterocycles. The number of amides is 4. The monoisotopic (exact) mass is 582 g/mol. The Morgan fingerprint density at radius 2 is 1.62 bits per heavy atom. The summed E-state index contributed by atoms with van der Waals surface area (Å²) < 4.78 is 0. The highest BCUT2D eigenvalue weighted by molar-refractivity contribution is 6.38. The third-order valence-electron chi connectivity index (χ3n) is 7.47. The van der Waals surface area contributed by atoms with E-state index < -0.39 is 41.1 Å². The molecule has 1 aromatic rings. The first kappa shape index (κ1) is 34.7. The van der Waals surface area contributed by atoms with Crippen LogP contribution in [0.25, 0.3) is 0 Å². The Morgan fingerprint density at radius 3 is 2.14 bits per heavy atom. The predicted molar refractivity (Wildman–Crippen MR) is 164 cm³/mol. The summed E-state index contributed by atoms with van der Waals surface area (Å²) >= 11 is 0. The lowest BCUT2D eigenvalue weighted by Crippen LogP contribution is -2.58. The van der Waals surface area contributed by atoms with E-state index in [1.165, 1.54) is 17.4 Å². The van der Waals surface area contributed by atoms with Crippen LogP contribution in [0.4, 0.5) is 0 Å². The van der Waals surface area contributed by atoms with Gasteiger partial charge in [0.1, 0.15) is 12.1 Å². The number of fused-ring (bicyclic) bond motifs is 1. The summed E-state index contributed by atoms with van der Waals surface area (Å²) in [7, 11) is 0. The number of benzene rings is 1. The van der Waals surface area contributed by atoms with E-state index in [0.29, 0.717) is 45.1 Å². The summed E-state index contributed by atoms with van der Waals surface area (Å²) in [5.74, 6) is -2.60. The largest absolute Gasteiger partial charge is 0.346 e. The number of rotatable bonds is 11. The van der Waals surface area contributed by atoms with Gasteiger partial charge < -0.3 is 20.9 Å². The van der Waals surface area contributed by atoms with E-state index in [2.05, 4.69) is 36.4 Å². The van der Waals surface area contributed by atoms with Crippen molar-refractivity contribution in [1.29, 1.82) is 0 Å². The number of hydrogen-bond donors (Lipinski definition) is 3. The van der Waals surface area contributed by atoms with Crippen molar-refractivity contribution >= 4 is 29.4 Å². The minimum Gasteiger partial charge on any atom is -0.346 e. The zero-order valence-electron chi connectivity index (χ0n) is 26.3. The molecule has 0 bridgehead atoms. The second-order valence-electron chi connectivity index (χ2n) is 12.2. The number of ketones is 1. The Bertz CT molecular complexity index is 1100. The Kier molecular flexibility index (Phi) is 13.4. The van der Waals surface area contributed by atoms with Crippen LogP contribution in [0.2, 0.25) is 0 Å². The number of carbonyl (C=O) groups is 5. The van der Waals surface area contributed by atoms with E-state index in [4.69, 9.17) is 0 Å². The van der Waals surface area contributed by atoms with Crippen molar-refractivity contribution in [2.45, 2.75) is 105 Å². The molecular weight excluding hydrogens is 532 g/mol. The second kappa shape index (κ2) is 16.2. The van der Waals surface area contributed by atoms with Gasteiger partial charge in [-0.05, 0) is 49.1 Å². The molecule has 1 heterocycles. The Labute approximate surface area is 251 Å². The zero-order chi connectivity index (χ0) is 31.4. The lowest BCUT2D eigenvalue weighted by Gasteiger charge is -2.33. The zero-order valence-corrected chi connectivity index (χ0v) is 26.3. The molecule has 0 saturated carbocycles. The van der Waals surface area contributed by atoms with Crippen molar-refractivity contribution in [2.75, 3.05) is 13.1 Å². The highest BCUT2D eigenvalue weighted by Gasteiger charge is 2.43. The molecule has 4 amide bonds. The van der Waals surface area contributed by atoms with Crippen LogP contribution in [0, 0.1) is 11.3 Å². The van der Waals surface area contributed by atoms with Crippen LogP contribution in [0.15, 0.2) is 36.9 Å². The van der Waals surface area contributed by atoms with E-state index >= 15 is 0 Å². The number of nitrogens with one attached hydrogen (secondary N) is 3. The van der Waals surface area contributed by atoms with Gasteiger partial charge in [-0.2, -0.15) is 0 Å². The predicted octanol–water partition coefficient (Wildman–Crippen LogP) is 3.50. The maximum atomic E-state index is 14.0. The number of likely N-dealkylation sites (tertiary alicyclic amines) is 1. The van der Waals surface area contributed by atoms with Crippen molar-refractivity contribution in [3.63, 3.8) is 0 Å². The number of Topliss-reactive ketones (excluding diaryl/α,β-unsaturated/α-hetero) is 1. The molecule has 3 rings (SSSR count). The standard InChI is InChI=1S/C30H42N4O5.C3H8/c1-6-11-22(25(35)27(37)31-15-7-2)32-26(36)23-14-10-16-34(23)28(38)24(33-29(39)30(3,4)5)21-17-19-12-8-9-13-20(19)18-21;1-3-2/h7-9,12-13,21-24H,2,6,10-11,14-18H2,1,3-5H3,(H,31,37)(H,32,36)(H,33,39);3H2,1-2H3/t22?,23-,24-;/m0./s1. The van der Waals surface area contributed by atoms with Crippen molar-refractivity contribution in [3.05, 3.63) is 48.0 Å². The van der Waals surface area contributed by atoms with Gasteiger partial charge in [-0.25, -0.2) is 0 Å². The van der Waals surface area contributed by atoms with Gasteiger partial charge in [-0.3, -0.25) is 24.0 Å². The number of carbonyl (C=O) groups excluding carboxylic acids is 5. The molecule has 0 radical (unpaired) electrons. The quantitative estimate of drug-likeness (QED) is 0.272. The van der Waals surface area contributed by atoms with Gasteiger partial charge in [-0.15, -0.1) is 6.58 Å². The molecule has 3 N–H and O–H groups in total. The SMILES string of the molecule is C=CCNC(=O)C(=O)C(CCC)NC(=O)[C@@H]1CCCN1C(=O)[C@@H](NC(=O)C(C)(C)C)C1Cc2ccccc2C1.CCC. The molecule has 1 unspecified atom stereocenters. The lowest BCUT2D eigenvalue weighted by atomic mass is 9.91. The van der Waals surface area contributed by atoms with Crippen LogP contribution >= 0.6 is 0 Å². The molecule has 1 aromatic carbocycles. The van der Waals surface area contributed by atoms with Crippen molar-refractivity contribution in [2.24, 2.45) is 11.3 Å². The summed E-state index contributed by atoms with van der Waals surface area (Å²) in [6, 6.07) is 5.49. The Hall–Kier alpha value is -3.49. The molecule has 232 valence electrons. The first-order chi connectivity index (χ1) is 19.9. The highest BCUT2D eigenvalue weighted by atomic mass is 16.2. The number of nitrogens with zero attached hydrogens (tertiary/aromatic N) is 1. The fourth-order valence-corrected chi connectivity index (χ4v) is 5.28. The van der Waals surface area contributed by atoms with E-state index in [0.717, 1.165) is 11.1 Å². The van der Waals surface area contributed by atoms with Gasteiger partial charge in [0.05, 0.1) is 6.04 Å². The molecule has 1 aliphatic carbocycles. The molecule has 1 fully saturated rings. The van der Waals surface area contributed by atoms with E-state index in [1.807, 2.05) is 31.2 Å². The van der Waals surface area contributed by atoms with E-state index in [1.54, 1.807) is 20.8 Å². The van der Waals surface area contributed by atoms with E-state index in [-0.39, 0.29) is 24.3 Å². The Balaban J connectivity index is 0.00000197. The van der Waals surface area contributed by atoms with Crippen LogP contribution in [0.3, 0.4) is 0 Å². The van der Waals surface area contributed by atoms with Gasteiger partial charge in [0.2, 0.25) is 23.5 Å². The minimum absolute atomic E-state index is 0.131.